The number of aryl methyl sites for hydroxylation is 1. The van der Waals surface area contributed by atoms with E-state index in [2.05, 4.69) is 46.9 Å². The molecule has 0 aliphatic heterocycles. The monoisotopic (exact) mass is 266 g/mol. The zero-order chi connectivity index (χ0) is 13.6. The highest BCUT2D eigenvalue weighted by Crippen LogP contribution is 2.40. The van der Waals surface area contributed by atoms with Gasteiger partial charge >= 0.3 is 0 Å². The minimum Gasteiger partial charge on any atom is -0.357 e. The number of thiazole rings is 1. The Morgan fingerprint density at radius 2 is 1.83 bits per heavy atom. The van der Waals surface area contributed by atoms with Gasteiger partial charge in [0.05, 0.1) is 5.69 Å². The van der Waals surface area contributed by atoms with E-state index in [0.29, 0.717) is 5.41 Å². The van der Waals surface area contributed by atoms with Gasteiger partial charge in [0, 0.05) is 10.4 Å². The summed E-state index contributed by atoms with van der Waals surface area (Å²) in [5.41, 5.74) is 1.86. The fourth-order valence-electron chi connectivity index (χ4n) is 2.49. The van der Waals surface area contributed by atoms with Gasteiger partial charge in [-0.3, -0.25) is 0 Å². The molecule has 2 rings (SSSR count). The molecular formula is C15H26N2S. The van der Waals surface area contributed by atoms with Crippen molar-refractivity contribution in [2.45, 2.75) is 66.3 Å². The van der Waals surface area contributed by atoms with Gasteiger partial charge in [0.1, 0.15) is 0 Å². The Labute approximate surface area is 115 Å². The Kier molecular flexibility index (Phi) is 3.48. The Morgan fingerprint density at radius 1 is 1.17 bits per heavy atom. The van der Waals surface area contributed by atoms with Gasteiger partial charge in [0.2, 0.25) is 0 Å². The molecule has 0 fully saturated rings. The summed E-state index contributed by atoms with van der Waals surface area (Å²) >= 11 is 1.86. The van der Waals surface area contributed by atoms with Crippen LogP contribution < -0.4 is 5.32 Å². The predicted molar refractivity (Wildman–Crippen MR) is 80.5 cm³/mol. The van der Waals surface area contributed by atoms with Crippen molar-refractivity contribution in [2.24, 2.45) is 11.3 Å². The summed E-state index contributed by atoms with van der Waals surface area (Å²) in [6.45, 7) is 13.6. The summed E-state index contributed by atoms with van der Waals surface area (Å²) in [7, 11) is 0. The minimum absolute atomic E-state index is 0.101. The molecule has 0 aromatic carbocycles. The normalized spacial score (nSPS) is 20.7. The lowest BCUT2D eigenvalue weighted by atomic mass is 9.73. The summed E-state index contributed by atoms with van der Waals surface area (Å²) in [6.07, 6.45) is 3.65. The Hall–Kier alpha value is -0.570. The molecule has 1 aromatic heterocycles. The number of aromatic nitrogens is 1. The van der Waals surface area contributed by atoms with Gasteiger partial charge in [-0.1, -0.05) is 20.8 Å². The molecule has 102 valence electrons. The van der Waals surface area contributed by atoms with E-state index >= 15 is 0 Å². The summed E-state index contributed by atoms with van der Waals surface area (Å²) in [6, 6.07) is 0. The molecule has 0 saturated carbocycles. The Morgan fingerprint density at radius 3 is 2.39 bits per heavy atom. The molecule has 0 amide bonds. The average Bonchev–Trinajstić information content (AvgIpc) is 2.53. The smallest absolute Gasteiger partial charge is 0.183 e. The SMILES string of the molecule is CC(C)(C)Nc1nc2c(s1)CC(C(C)(C)C)CC2. The van der Waals surface area contributed by atoms with Gasteiger partial charge in [-0.2, -0.15) is 0 Å². The molecule has 2 nitrogen and oxygen atoms in total. The third-order valence-corrected chi connectivity index (χ3v) is 4.68. The van der Waals surface area contributed by atoms with E-state index in [-0.39, 0.29) is 5.54 Å². The molecule has 1 N–H and O–H groups in total. The summed E-state index contributed by atoms with van der Waals surface area (Å²) in [5.74, 6) is 0.799. The van der Waals surface area contributed by atoms with E-state index in [4.69, 9.17) is 4.98 Å². The van der Waals surface area contributed by atoms with Gasteiger partial charge in [0.25, 0.3) is 0 Å². The molecule has 1 aliphatic rings. The average molecular weight is 266 g/mol. The van der Waals surface area contributed by atoms with E-state index in [1.54, 1.807) is 0 Å². The first-order valence-electron chi connectivity index (χ1n) is 6.92. The third-order valence-electron chi connectivity index (χ3n) is 3.65. The van der Waals surface area contributed by atoms with Crippen molar-refractivity contribution in [1.29, 1.82) is 0 Å². The van der Waals surface area contributed by atoms with Gasteiger partial charge in [-0.15, -0.1) is 11.3 Å². The molecule has 0 saturated heterocycles. The van der Waals surface area contributed by atoms with Crippen molar-refractivity contribution in [3.63, 3.8) is 0 Å². The van der Waals surface area contributed by atoms with Crippen LogP contribution in [-0.4, -0.2) is 10.5 Å². The van der Waals surface area contributed by atoms with Crippen LogP contribution >= 0.6 is 11.3 Å². The molecule has 1 atom stereocenters. The largest absolute Gasteiger partial charge is 0.357 e. The zero-order valence-electron chi connectivity index (χ0n) is 12.6. The number of hydrogen-bond acceptors (Lipinski definition) is 3. The minimum atomic E-state index is 0.101. The third kappa shape index (κ3) is 3.25. The molecule has 3 heteroatoms. The lowest BCUT2D eigenvalue weighted by molar-refractivity contribution is 0.217. The first-order valence-corrected chi connectivity index (χ1v) is 7.73. The highest BCUT2D eigenvalue weighted by atomic mass is 32.1. The van der Waals surface area contributed by atoms with Crippen molar-refractivity contribution in [1.82, 2.24) is 4.98 Å². The van der Waals surface area contributed by atoms with Crippen LogP contribution in [-0.2, 0) is 12.8 Å². The summed E-state index contributed by atoms with van der Waals surface area (Å²) in [5, 5.41) is 4.60. The Bertz CT molecular complexity index is 421. The molecular weight excluding hydrogens is 240 g/mol. The van der Waals surface area contributed by atoms with Gasteiger partial charge in [-0.25, -0.2) is 4.98 Å². The van der Waals surface area contributed by atoms with Crippen LogP contribution in [0.5, 0.6) is 0 Å². The molecule has 0 radical (unpaired) electrons. The van der Waals surface area contributed by atoms with Crippen LogP contribution in [0.4, 0.5) is 5.13 Å². The number of anilines is 1. The second kappa shape index (κ2) is 4.52. The van der Waals surface area contributed by atoms with Crippen molar-refractivity contribution in [3.05, 3.63) is 10.6 Å². The topological polar surface area (TPSA) is 24.9 Å². The maximum absolute atomic E-state index is 4.76. The maximum Gasteiger partial charge on any atom is 0.183 e. The first-order chi connectivity index (χ1) is 8.15. The number of rotatable bonds is 1. The van der Waals surface area contributed by atoms with Gasteiger partial charge in [-0.05, 0) is 51.4 Å². The van der Waals surface area contributed by atoms with Gasteiger partial charge < -0.3 is 5.32 Å². The number of nitrogens with one attached hydrogen (secondary N) is 1. The fourth-order valence-corrected chi connectivity index (χ4v) is 3.78. The predicted octanol–water partition coefficient (Wildman–Crippen LogP) is 4.50. The van der Waals surface area contributed by atoms with Crippen LogP contribution in [0.3, 0.4) is 0 Å². The van der Waals surface area contributed by atoms with E-state index in [9.17, 15) is 0 Å². The lowest BCUT2D eigenvalue weighted by Crippen LogP contribution is -2.26. The van der Waals surface area contributed by atoms with Crippen LogP contribution in [0.1, 0.15) is 58.5 Å². The number of fused-ring (bicyclic) bond motifs is 1. The maximum atomic E-state index is 4.76. The van der Waals surface area contributed by atoms with Crippen molar-refractivity contribution in [3.8, 4) is 0 Å². The van der Waals surface area contributed by atoms with Crippen molar-refractivity contribution >= 4 is 16.5 Å². The van der Waals surface area contributed by atoms with Gasteiger partial charge in [0.15, 0.2) is 5.13 Å². The summed E-state index contributed by atoms with van der Waals surface area (Å²) < 4.78 is 0. The number of hydrogen-bond donors (Lipinski definition) is 1. The highest BCUT2D eigenvalue weighted by molar-refractivity contribution is 7.15. The van der Waals surface area contributed by atoms with Crippen LogP contribution in [0, 0.1) is 11.3 Å². The fraction of sp³-hybridized carbons (Fsp3) is 0.800. The molecule has 0 bridgehead atoms. The molecule has 1 unspecified atom stereocenters. The van der Waals surface area contributed by atoms with Crippen LogP contribution in [0.25, 0.3) is 0 Å². The van der Waals surface area contributed by atoms with Crippen molar-refractivity contribution in [2.75, 3.05) is 5.32 Å². The van der Waals surface area contributed by atoms with Crippen LogP contribution in [0.15, 0.2) is 0 Å². The molecule has 1 heterocycles. The van der Waals surface area contributed by atoms with Crippen molar-refractivity contribution < 1.29 is 0 Å². The Balaban J connectivity index is 2.14. The first kappa shape index (κ1) is 13.9. The second-order valence-electron chi connectivity index (χ2n) is 7.57. The molecule has 18 heavy (non-hydrogen) atoms. The quantitative estimate of drug-likeness (QED) is 0.809. The molecule has 1 aliphatic carbocycles. The molecule has 1 aromatic rings. The van der Waals surface area contributed by atoms with E-state index in [1.165, 1.54) is 23.4 Å². The lowest BCUT2D eigenvalue weighted by Gasteiger charge is -2.33. The van der Waals surface area contributed by atoms with E-state index in [0.717, 1.165) is 17.5 Å². The second-order valence-corrected chi connectivity index (χ2v) is 8.65. The van der Waals surface area contributed by atoms with E-state index < -0.39 is 0 Å². The van der Waals surface area contributed by atoms with Crippen LogP contribution in [0.2, 0.25) is 0 Å². The molecule has 0 spiro atoms. The summed E-state index contributed by atoms with van der Waals surface area (Å²) in [4.78, 5) is 6.27. The standard InChI is InChI=1S/C15H26N2S/c1-14(2,3)10-7-8-11-12(9-10)18-13(16-11)17-15(4,5)6/h10H,7-9H2,1-6H3,(H,16,17). The van der Waals surface area contributed by atoms with E-state index in [1.807, 2.05) is 11.3 Å². The highest BCUT2D eigenvalue weighted by Gasteiger charge is 2.30. The number of nitrogens with zero attached hydrogens (tertiary/aromatic N) is 1. The zero-order valence-corrected chi connectivity index (χ0v) is 13.4.